The molecule has 2 N–H and O–H groups in total. The van der Waals surface area contributed by atoms with Crippen LogP contribution in [-0.4, -0.2) is 53.5 Å². The lowest BCUT2D eigenvalue weighted by atomic mass is 10.2. The molecule has 2 fully saturated rings. The van der Waals surface area contributed by atoms with Gasteiger partial charge in [0, 0.05) is 36.6 Å². The number of nitrogens with one attached hydrogen (secondary N) is 2. The lowest BCUT2D eigenvalue weighted by Gasteiger charge is -2.21. The predicted octanol–water partition coefficient (Wildman–Crippen LogP) is 4.29. The summed E-state index contributed by atoms with van der Waals surface area (Å²) >= 11 is 1.17. The Morgan fingerprint density at radius 2 is 1.97 bits per heavy atom. The zero-order valence-corrected chi connectivity index (χ0v) is 19.7. The second-order valence-corrected chi connectivity index (χ2v) is 9.49. The molecule has 3 heterocycles. The summed E-state index contributed by atoms with van der Waals surface area (Å²) in [7, 11) is 1.31. The second kappa shape index (κ2) is 9.49. The Labute approximate surface area is 204 Å². The van der Waals surface area contributed by atoms with Gasteiger partial charge in [-0.3, -0.25) is 9.78 Å². The fraction of sp³-hybridized carbons (Fsp3) is 0.333. The number of nitrogens with zero attached hydrogens (tertiary/aromatic N) is 2. The molecule has 9 nitrogen and oxygen atoms in total. The Morgan fingerprint density at radius 3 is 2.71 bits per heavy atom. The summed E-state index contributed by atoms with van der Waals surface area (Å²) in [5, 5.41) is 5.38. The van der Waals surface area contributed by atoms with Crippen LogP contribution in [0.5, 0.6) is 11.5 Å². The molecule has 0 bridgehead atoms. The molecule has 1 saturated heterocycles. The minimum Gasteiger partial charge on any atom is -0.467 e. The third kappa shape index (κ3) is 4.90. The number of carbonyl (C=O) groups excluding carboxylic acids is 3. The van der Waals surface area contributed by atoms with Crippen LogP contribution in [0.1, 0.15) is 35.4 Å². The number of rotatable bonds is 6. The van der Waals surface area contributed by atoms with E-state index in [1.807, 2.05) is 0 Å². The maximum atomic E-state index is 14.7. The third-order valence-electron chi connectivity index (χ3n) is 5.90. The van der Waals surface area contributed by atoms with E-state index in [9.17, 15) is 18.8 Å². The average molecular weight is 499 g/mol. The van der Waals surface area contributed by atoms with E-state index in [0.29, 0.717) is 39.5 Å². The molecule has 182 valence electrons. The number of aromatic nitrogens is 1. The Balaban J connectivity index is 1.34. The van der Waals surface area contributed by atoms with Crippen molar-refractivity contribution in [1.82, 2.24) is 15.2 Å². The minimum atomic E-state index is -0.648. The second-order valence-electron chi connectivity index (χ2n) is 8.43. The molecule has 1 unspecified atom stereocenters. The van der Waals surface area contributed by atoms with Crippen LogP contribution >= 0.6 is 11.3 Å². The molecule has 0 spiro atoms. The van der Waals surface area contributed by atoms with Crippen molar-refractivity contribution in [2.45, 2.75) is 37.8 Å². The number of fused-ring (bicyclic) bond motifs is 1. The molecule has 1 aromatic carbocycles. The largest absolute Gasteiger partial charge is 0.467 e. The number of esters is 1. The number of amides is 3. The van der Waals surface area contributed by atoms with E-state index < -0.39 is 17.8 Å². The van der Waals surface area contributed by atoms with Crippen LogP contribution in [-0.2, 0) is 9.53 Å². The van der Waals surface area contributed by atoms with Crippen molar-refractivity contribution >= 4 is 45.1 Å². The number of pyridine rings is 1. The molecule has 5 rings (SSSR count). The molecule has 1 atom stereocenters. The zero-order chi connectivity index (χ0) is 24.5. The number of halogens is 1. The normalized spacial score (nSPS) is 17.3. The highest BCUT2D eigenvalue weighted by atomic mass is 32.1. The monoisotopic (exact) mass is 498 g/mol. The molecule has 3 aromatic rings. The zero-order valence-electron chi connectivity index (χ0n) is 18.9. The van der Waals surface area contributed by atoms with Gasteiger partial charge in [0.1, 0.15) is 11.8 Å². The van der Waals surface area contributed by atoms with Gasteiger partial charge in [0.15, 0.2) is 11.6 Å². The van der Waals surface area contributed by atoms with Crippen molar-refractivity contribution in [3.63, 3.8) is 0 Å². The fourth-order valence-corrected chi connectivity index (χ4v) is 5.01. The molecule has 1 aliphatic heterocycles. The molecule has 1 aliphatic carbocycles. The van der Waals surface area contributed by atoms with E-state index in [0.717, 1.165) is 19.3 Å². The quantitative estimate of drug-likeness (QED) is 0.491. The van der Waals surface area contributed by atoms with E-state index >= 15 is 0 Å². The van der Waals surface area contributed by atoms with Crippen LogP contribution in [0.3, 0.4) is 0 Å². The summed E-state index contributed by atoms with van der Waals surface area (Å²) in [5.74, 6) is -1.05. The highest BCUT2D eigenvalue weighted by molar-refractivity contribution is 7.21. The van der Waals surface area contributed by atoms with Crippen LogP contribution < -0.4 is 15.4 Å². The van der Waals surface area contributed by atoms with Gasteiger partial charge >= 0.3 is 12.0 Å². The van der Waals surface area contributed by atoms with E-state index in [1.165, 1.54) is 41.7 Å². The van der Waals surface area contributed by atoms with Gasteiger partial charge in [-0.15, -0.1) is 11.3 Å². The molecule has 3 amide bonds. The number of carbonyl (C=O) groups is 3. The Hall–Kier alpha value is -3.73. The summed E-state index contributed by atoms with van der Waals surface area (Å²) in [6.45, 7) is 0.466. The fourth-order valence-electron chi connectivity index (χ4n) is 3.99. The summed E-state index contributed by atoms with van der Waals surface area (Å²) in [5.41, 5.74) is 0.836. The number of methoxy groups -OCH3 is 1. The summed E-state index contributed by atoms with van der Waals surface area (Å²) in [6, 6.07) is 6.61. The SMILES string of the molecule is COC(=O)C1CCCN1C(=O)c1cc2nccc(Oc3ccc(NC(=O)NC4CC4)cc3F)c2s1. The van der Waals surface area contributed by atoms with Crippen LogP contribution in [0.4, 0.5) is 14.9 Å². The molecule has 11 heteroatoms. The highest BCUT2D eigenvalue weighted by Crippen LogP contribution is 2.37. The first-order valence-corrected chi connectivity index (χ1v) is 12.1. The van der Waals surface area contributed by atoms with Gasteiger partial charge in [0.2, 0.25) is 0 Å². The van der Waals surface area contributed by atoms with Crippen LogP contribution in [0.2, 0.25) is 0 Å². The van der Waals surface area contributed by atoms with E-state index in [2.05, 4.69) is 15.6 Å². The van der Waals surface area contributed by atoms with Gasteiger partial charge in [-0.25, -0.2) is 14.0 Å². The smallest absolute Gasteiger partial charge is 0.328 e. The highest BCUT2D eigenvalue weighted by Gasteiger charge is 2.36. The molecule has 2 aliphatic rings. The van der Waals surface area contributed by atoms with Gasteiger partial charge in [-0.2, -0.15) is 0 Å². The lowest BCUT2D eigenvalue weighted by Crippen LogP contribution is -2.40. The molecule has 2 aromatic heterocycles. The van der Waals surface area contributed by atoms with Crippen molar-refractivity contribution < 1.29 is 28.2 Å². The Kier molecular flexibility index (Phi) is 6.25. The number of ether oxygens (including phenoxy) is 2. The third-order valence-corrected chi connectivity index (χ3v) is 7.02. The topological polar surface area (TPSA) is 110 Å². The minimum absolute atomic E-state index is 0.0303. The predicted molar refractivity (Wildman–Crippen MR) is 127 cm³/mol. The van der Waals surface area contributed by atoms with E-state index in [-0.39, 0.29) is 23.7 Å². The summed E-state index contributed by atoms with van der Waals surface area (Å²) < 4.78 is 26.0. The number of urea groups is 1. The molecule has 1 saturated carbocycles. The maximum Gasteiger partial charge on any atom is 0.328 e. The molecular formula is C24H23FN4O5S. The van der Waals surface area contributed by atoms with Gasteiger partial charge in [0.05, 0.1) is 22.2 Å². The van der Waals surface area contributed by atoms with Crippen LogP contribution in [0.25, 0.3) is 10.2 Å². The van der Waals surface area contributed by atoms with E-state index in [1.54, 1.807) is 18.2 Å². The average Bonchev–Trinajstić information content (AvgIpc) is 3.33. The number of hydrogen-bond acceptors (Lipinski definition) is 7. The molecule has 0 radical (unpaired) electrons. The Morgan fingerprint density at radius 1 is 1.14 bits per heavy atom. The van der Waals surface area contributed by atoms with Gasteiger partial charge < -0.3 is 25.0 Å². The van der Waals surface area contributed by atoms with Crippen molar-refractivity contribution in [1.29, 1.82) is 0 Å². The number of hydrogen-bond donors (Lipinski definition) is 2. The lowest BCUT2D eigenvalue weighted by molar-refractivity contribution is -0.145. The Bertz CT molecular complexity index is 1310. The number of anilines is 1. The first-order chi connectivity index (χ1) is 16.9. The van der Waals surface area contributed by atoms with Crippen molar-refractivity contribution in [3.8, 4) is 11.5 Å². The van der Waals surface area contributed by atoms with Gasteiger partial charge in [-0.1, -0.05) is 0 Å². The van der Waals surface area contributed by atoms with Gasteiger partial charge in [0.25, 0.3) is 5.91 Å². The van der Waals surface area contributed by atoms with E-state index in [4.69, 9.17) is 9.47 Å². The van der Waals surface area contributed by atoms with Gasteiger partial charge in [-0.05, 0) is 43.9 Å². The number of thiophene rings is 1. The first kappa shape index (κ1) is 23.0. The number of benzene rings is 1. The first-order valence-electron chi connectivity index (χ1n) is 11.2. The molecule has 35 heavy (non-hydrogen) atoms. The van der Waals surface area contributed by atoms with Crippen molar-refractivity contribution in [2.24, 2.45) is 0 Å². The number of likely N-dealkylation sites (tertiary alicyclic amines) is 1. The van der Waals surface area contributed by atoms with Crippen LogP contribution in [0, 0.1) is 5.82 Å². The van der Waals surface area contributed by atoms with Crippen molar-refractivity contribution in [3.05, 3.63) is 47.2 Å². The standard InChI is InChI=1S/C24H23FN4O5S/c1-33-23(31)17-3-2-10-29(17)22(30)20-12-16-21(35-20)19(8-9-26-16)34-18-7-6-14(11-15(18)25)28-24(32)27-13-4-5-13/h6-9,11-13,17H,2-5,10H2,1H3,(H2,27,28,32). The molecular weight excluding hydrogens is 475 g/mol. The summed E-state index contributed by atoms with van der Waals surface area (Å²) in [6.07, 6.45) is 4.70. The van der Waals surface area contributed by atoms with Crippen LogP contribution in [0.15, 0.2) is 36.5 Å². The summed E-state index contributed by atoms with van der Waals surface area (Å²) in [4.78, 5) is 43.3. The maximum absolute atomic E-state index is 14.7. The van der Waals surface area contributed by atoms with Crippen molar-refractivity contribution in [2.75, 3.05) is 19.0 Å².